The Balaban J connectivity index is 1.04. The van der Waals surface area contributed by atoms with E-state index >= 15 is 0 Å². The number of hydrogen-bond donors (Lipinski definition) is 1. The van der Waals surface area contributed by atoms with Gasteiger partial charge in [0.2, 0.25) is 5.91 Å². The van der Waals surface area contributed by atoms with Crippen LogP contribution in [0.1, 0.15) is 25.3 Å². The van der Waals surface area contributed by atoms with Crippen molar-refractivity contribution in [3.05, 3.63) is 65.3 Å². The van der Waals surface area contributed by atoms with Crippen LogP contribution >= 0.6 is 11.6 Å². The highest BCUT2D eigenvalue weighted by atomic mass is 35.5. The highest BCUT2D eigenvalue weighted by Crippen LogP contribution is 2.31. The Morgan fingerprint density at radius 2 is 1.85 bits per heavy atom. The van der Waals surface area contributed by atoms with Crippen molar-refractivity contribution in [2.75, 3.05) is 77.5 Å². The minimum absolute atomic E-state index is 0.169. The fourth-order valence-electron chi connectivity index (χ4n) is 5.80. The van der Waals surface area contributed by atoms with Crippen molar-refractivity contribution in [3.8, 4) is 5.75 Å². The van der Waals surface area contributed by atoms with Gasteiger partial charge in [-0.3, -0.25) is 14.6 Å². The predicted molar refractivity (Wildman–Crippen MR) is 161 cm³/mol. The number of carbonyl (C=O) groups is 1. The first kappa shape index (κ1) is 27.6. The quantitative estimate of drug-likeness (QED) is 0.386. The largest absolute Gasteiger partial charge is 0.495 e. The average molecular weight is 550 g/mol. The third kappa shape index (κ3) is 6.78. The lowest BCUT2D eigenvalue weighted by atomic mass is 9.99. The number of nitrogens with one attached hydrogen (secondary N) is 1. The number of aromatic amines is 1. The second kappa shape index (κ2) is 12.9. The Hall–Kier alpha value is -3.00. The molecule has 8 heteroatoms. The van der Waals surface area contributed by atoms with E-state index in [1.807, 2.05) is 29.2 Å². The summed E-state index contributed by atoms with van der Waals surface area (Å²) >= 11 is 6.14. The molecule has 0 aliphatic carbocycles. The summed E-state index contributed by atoms with van der Waals surface area (Å²) < 4.78 is 5.54. The second-order valence-electron chi connectivity index (χ2n) is 10.5. The van der Waals surface area contributed by atoms with Crippen molar-refractivity contribution < 1.29 is 9.53 Å². The number of ether oxygens (including phenoxy) is 1. The molecular weight excluding hydrogens is 510 g/mol. The van der Waals surface area contributed by atoms with Crippen LogP contribution in [0.15, 0.2) is 54.7 Å². The molecule has 1 fully saturated rings. The molecular formula is C31H40ClN5O2. The molecule has 1 saturated heterocycles. The van der Waals surface area contributed by atoms with Gasteiger partial charge >= 0.3 is 0 Å². The lowest BCUT2D eigenvalue weighted by molar-refractivity contribution is -0.129. The molecule has 208 valence electrons. The Labute approximate surface area is 236 Å². The molecule has 3 aromatic rings. The van der Waals surface area contributed by atoms with E-state index in [9.17, 15) is 4.79 Å². The molecule has 0 unspecified atom stereocenters. The van der Waals surface area contributed by atoms with Gasteiger partial charge in [0.25, 0.3) is 0 Å². The van der Waals surface area contributed by atoms with Crippen LogP contribution in [0.3, 0.4) is 0 Å². The van der Waals surface area contributed by atoms with Crippen molar-refractivity contribution in [1.82, 2.24) is 19.7 Å². The van der Waals surface area contributed by atoms with Crippen LogP contribution < -0.4 is 9.64 Å². The summed E-state index contributed by atoms with van der Waals surface area (Å²) in [6.07, 6.45) is 6.49. The van der Waals surface area contributed by atoms with Crippen molar-refractivity contribution >= 4 is 39.7 Å². The molecule has 39 heavy (non-hydrogen) atoms. The number of piperazine rings is 1. The predicted octanol–water partition coefficient (Wildman–Crippen LogP) is 4.98. The summed E-state index contributed by atoms with van der Waals surface area (Å²) in [7, 11) is 1.73. The number of aromatic nitrogens is 1. The summed E-state index contributed by atoms with van der Waals surface area (Å²) in [5.74, 6) is 1.10. The molecule has 2 aromatic carbocycles. The number of carbonyl (C=O) groups excluding carboxylic acids is 1. The molecule has 1 N–H and O–H groups in total. The van der Waals surface area contributed by atoms with Gasteiger partial charge in [-0.05, 0) is 42.7 Å². The molecule has 0 radical (unpaired) electrons. The maximum atomic E-state index is 12.4. The van der Waals surface area contributed by atoms with Crippen LogP contribution in [0, 0.1) is 0 Å². The smallest absolute Gasteiger partial charge is 0.219 e. The maximum Gasteiger partial charge on any atom is 0.219 e. The molecule has 5 rings (SSSR count). The number of methoxy groups -OCH3 is 1. The molecule has 1 aromatic heterocycles. The van der Waals surface area contributed by atoms with Crippen LogP contribution in [-0.4, -0.2) is 98.1 Å². The fourth-order valence-corrected chi connectivity index (χ4v) is 5.97. The molecule has 0 bridgehead atoms. The Kier molecular flexibility index (Phi) is 9.12. The number of H-pyrrole nitrogens is 1. The molecule has 2 aliphatic heterocycles. The number of nitrogens with zero attached hydrogens (tertiary/aromatic N) is 4. The van der Waals surface area contributed by atoms with Gasteiger partial charge in [0.1, 0.15) is 5.75 Å². The van der Waals surface area contributed by atoms with Crippen LogP contribution in [0.4, 0.5) is 5.69 Å². The van der Waals surface area contributed by atoms with Gasteiger partial charge in [0.15, 0.2) is 0 Å². The molecule has 1 amide bonds. The number of hydrogen-bond acceptors (Lipinski definition) is 5. The van der Waals surface area contributed by atoms with Gasteiger partial charge < -0.3 is 19.5 Å². The number of fused-ring (bicyclic) bond motifs is 1. The molecule has 0 spiro atoms. The highest BCUT2D eigenvalue weighted by Gasteiger charge is 2.21. The van der Waals surface area contributed by atoms with E-state index in [0.717, 1.165) is 100 Å². The third-order valence-corrected chi connectivity index (χ3v) is 8.35. The summed E-state index contributed by atoms with van der Waals surface area (Å²) in [6.45, 7) is 11.2. The van der Waals surface area contributed by atoms with Crippen molar-refractivity contribution in [2.24, 2.45) is 0 Å². The lowest BCUT2D eigenvalue weighted by Gasteiger charge is -2.37. The molecule has 0 atom stereocenters. The normalized spacial score (nSPS) is 16.9. The van der Waals surface area contributed by atoms with E-state index in [1.54, 1.807) is 14.0 Å². The van der Waals surface area contributed by atoms with Crippen molar-refractivity contribution in [1.29, 1.82) is 0 Å². The molecule has 3 heterocycles. The van der Waals surface area contributed by atoms with Gasteiger partial charge in [-0.15, -0.1) is 0 Å². The zero-order chi connectivity index (χ0) is 27.2. The average Bonchev–Trinajstić information content (AvgIpc) is 3.38. The Morgan fingerprint density at radius 3 is 2.59 bits per heavy atom. The lowest BCUT2D eigenvalue weighted by Crippen LogP contribution is -2.49. The van der Waals surface area contributed by atoms with E-state index in [1.165, 1.54) is 16.5 Å². The summed E-state index contributed by atoms with van der Waals surface area (Å²) in [6, 6.07) is 14.3. The van der Waals surface area contributed by atoms with E-state index in [0.29, 0.717) is 0 Å². The van der Waals surface area contributed by atoms with Gasteiger partial charge in [0, 0.05) is 100 Å². The topological polar surface area (TPSA) is 55.1 Å². The number of anilines is 1. The monoisotopic (exact) mass is 549 g/mol. The first-order valence-electron chi connectivity index (χ1n) is 14.1. The van der Waals surface area contributed by atoms with E-state index in [-0.39, 0.29) is 5.91 Å². The van der Waals surface area contributed by atoms with Gasteiger partial charge in [-0.1, -0.05) is 35.9 Å². The standard InChI is InChI=1S/C31H40ClN5O2/c1-24(38)36(19-16-35-17-20-37(21-18-35)30-6-3-4-7-31(30)39-2)13-5-12-34-14-10-25(11-15-34)28-23-33-29-22-26(32)8-9-27(28)29/h3-4,6-10,22-23,33H,5,11-21H2,1-2H3. The Bertz CT molecular complexity index is 1300. The summed E-state index contributed by atoms with van der Waals surface area (Å²) in [5.41, 5.74) is 4.93. The van der Waals surface area contributed by atoms with Crippen LogP contribution in [-0.2, 0) is 4.79 Å². The van der Waals surface area contributed by atoms with E-state index in [4.69, 9.17) is 16.3 Å². The number of rotatable bonds is 10. The molecule has 7 nitrogen and oxygen atoms in total. The SMILES string of the molecule is COc1ccccc1N1CCN(CCN(CCCN2CC=C(c3c[nH]c4cc(Cl)ccc34)CC2)C(C)=O)CC1. The highest BCUT2D eigenvalue weighted by molar-refractivity contribution is 6.31. The number of amides is 1. The van der Waals surface area contributed by atoms with E-state index < -0.39 is 0 Å². The minimum Gasteiger partial charge on any atom is -0.495 e. The van der Waals surface area contributed by atoms with Gasteiger partial charge in [-0.25, -0.2) is 0 Å². The summed E-state index contributed by atoms with van der Waals surface area (Å²) in [5, 5.41) is 1.99. The first-order valence-corrected chi connectivity index (χ1v) is 14.4. The molecule has 2 aliphatic rings. The van der Waals surface area contributed by atoms with E-state index in [2.05, 4.69) is 50.2 Å². The summed E-state index contributed by atoms with van der Waals surface area (Å²) in [4.78, 5) is 25.1. The van der Waals surface area contributed by atoms with Crippen molar-refractivity contribution in [2.45, 2.75) is 19.8 Å². The van der Waals surface area contributed by atoms with Gasteiger partial charge in [-0.2, -0.15) is 0 Å². The van der Waals surface area contributed by atoms with Crippen LogP contribution in [0.5, 0.6) is 5.75 Å². The van der Waals surface area contributed by atoms with Crippen LogP contribution in [0.25, 0.3) is 16.5 Å². The van der Waals surface area contributed by atoms with Crippen molar-refractivity contribution in [3.63, 3.8) is 0 Å². The number of halogens is 1. The first-order chi connectivity index (χ1) is 19.0. The number of benzene rings is 2. The van der Waals surface area contributed by atoms with Crippen LogP contribution in [0.2, 0.25) is 5.02 Å². The Morgan fingerprint density at radius 1 is 1.03 bits per heavy atom. The maximum absolute atomic E-state index is 12.4. The minimum atomic E-state index is 0.169. The zero-order valence-corrected chi connectivity index (χ0v) is 23.9. The fraction of sp³-hybridized carbons (Fsp3) is 0.452. The van der Waals surface area contributed by atoms with Gasteiger partial charge in [0.05, 0.1) is 12.8 Å². The number of para-hydroxylation sites is 2. The molecule has 0 saturated carbocycles. The third-order valence-electron chi connectivity index (χ3n) is 8.11. The zero-order valence-electron chi connectivity index (χ0n) is 23.2. The second-order valence-corrected chi connectivity index (χ2v) is 11.0.